The summed E-state index contributed by atoms with van der Waals surface area (Å²) in [5, 5.41) is 0. The summed E-state index contributed by atoms with van der Waals surface area (Å²) in [6.07, 6.45) is 6.53. The summed E-state index contributed by atoms with van der Waals surface area (Å²) < 4.78 is 10.6. The highest BCUT2D eigenvalue weighted by atomic mass is 16.6. The number of unbranched alkanes of at least 4 members (excludes halogenated alkanes) is 4. The summed E-state index contributed by atoms with van der Waals surface area (Å²) in [6, 6.07) is 9.47. The number of hydrogen-bond donors (Lipinski definition) is 0. The molecule has 1 aromatic carbocycles. The number of carbonyl (C=O) groups excluding carboxylic acids is 1. The van der Waals surface area contributed by atoms with Crippen molar-refractivity contribution in [3.05, 3.63) is 35.9 Å². The Kier molecular flexibility index (Phi) is 9.56. The van der Waals surface area contributed by atoms with Crippen molar-refractivity contribution < 1.29 is 14.3 Å². The first-order valence-electron chi connectivity index (χ1n) is 8.39. The molecule has 0 radical (unpaired) electrons. The van der Waals surface area contributed by atoms with Crippen LogP contribution in [-0.2, 0) is 14.3 Å². The fraction of sp³-hybridized carbons (Fsp3) is 0.632. The molecule has 0 amide bonds. The van der Waals surface area contributed by atoms with Crippen LogP contribution < -0.4 is 0 Å². The van der Waals surface area contributed by atoms with E-state index in [1.807, 2.05) is 30.3 Å². The number of benzene rings is 1. The minimum absolute atomic E-state index is 0.298. The van der Waals surface area contributed by atoms with Crippen LogP contribution in [0.5, 0.6) is 0 Å². The van der Waals surface area contributed by atoms with E-state index in [0.717, 1.165) is 24.3 Å². The zero-order valence-corrected chi connectivity index (χ0v) is 14.2. The molecule has 3 nitrogen and oxygen atoms in total. The third-order valence-corrected chi connectivity index (χ3v) is 3.72. The Morgan fingerprint density at radius 3 is 2.27 bits per heavy atom. The first kappa shape index (κ1) is 18.7. The summed E-state index contributed by atoms with van der Waals surface area (Å²) in [5.74, 6) is 0.499. The number of esters is 1. The van der Waals surface area contributed by atoms with Crippen LogP contribution in [0, 0.1) is 5.92 Å². The lowest BCUT2D eigenvalue weighted by atomic mass is 10.0. The maximum absolute atomic E-state index is 12.0. The quantitative estimate of drug-likeness (QED) is 0.430. The third kappa shape index (κ3) is 7.60. The smallest absolute Gasteiger partial charge is 0.339 e. The van der Waals surface area contributed by atoms with E-state index in [1.54, 1.807) is 0 Å². The molecule has 0 bridgehead atoms. The molecule has 1 atom stereocenters. The van der Waals surface area contributed by atoms with Crippen LogP contribution in [0.1, 0.15) is 64.0 Å². The van der Waals surface area contributed by atoms with Crippen molar-refractivity contribution in [2.45, 2.75) is 58.5 Å². The molecule has 0 N–H and O–H groups in total. The van der Waals surface area contributed by atoms with Gasteiger partial charge in [0.25, 0.3) is 0 Å². The average molecular weight is 306 g/mol. The van der Waals surface area contributed by atoms with Crippen molar-refractivity contribution in [1.29, 1.82) is 0 Å². The van der Waals surface area contributed by atoms with E-state index in [1.165, 1.54) is 32.8 Å². The molecule has 0 aromatic heterocycles. The lowest BCUT2D eigenvalue weighted by Crippen LogP contribution is -2.18. The van der Waals surface area contributed by atoms with Crippen LogP contribution >= 0.6 is 0 Å². The monoisotopic (exact) mass is 306 g/mol. The van der Waals surface area contributed by atoms with Crippen LogP contribution in [0.3, 0.4) is 0 Å². The molecule has 0 spiro atoms. The highest BCUT2D eigenvalue weighted by molar-refractivity contribution is 5.76. The second kappa shape index (κ2) is 11.2. The highest BCUT2D eigenvalue weighted by Gasteiger charge is 2.20. The van der Waals surface area contributed by atoms with Gasteiger partial charge < -0.3 is 9.47 Å². The van der Waals surface area contributed by atoms with Gasteiger partial charge in [-0.2, -0.15) is 0 Å². The van der Waals surface area contributed by atoms with E-state index in [2.05, 4.69) is 13.8 Å². The van der Waals surface area contributed by atoms with Crippen LogP contribution in [-0.4, -0.2) is 19.7 Å². The third-order valence-electron chi connectivity index (χ3n) is 3.72. The summed E-state index contributed by atoms with van der Waals surface area (Å²) in [4.78, 5) is 12.0. The Morgan fingerprint density at radius 2 is 1.64 bits per heavy atom. The maximum atomic E-state index is 12.0. The van der Waals surface area contributed by atoms with Gasteiger partial charge in [0, 0.05) is 7.11 Å². The standard InChI is InChI=1S/C19H30O3/c1-16(2)12-8-5-4-6-11-15-22-19(20)18(21-3)17-13-9-7-10-14-17/h7,9-10,13-14,16,18H,4-6,8,11-12,15H2,1-3H3. The summed E-state index contributed by atoms with van der Waals surface area (Å²) in [6.45, 7) is 5.01. The summed E-state index contributed by atoms with van der Waals surface area (Å²) >= 11 is 0. The topological polar surface area (TPSA) is 35.5 Å². The van der Waals surface area contributed by atoms with E-state index in [9.17, 15) is 4.79 Å². The van der Waals surface area contributed by atoms with Crippen LogP contribution in [0.4, 0.5) is 0 Å². The SMILES string of the molecule is COC(C(=O)OCCCCCCCC(C)C)c1ccccc1. The van der Waals surface area contributed by atoms with Gasteiger partial charge in [-0.15, -0.1) is 0 Å². The Morgan fingerprint density at radius 1 is 1.00 bits per heavy atom. The van der Waals surface area contributed by atoms with Gasteiger partial charge in [-0.05, 0) is 17.9 Å². The fourth-order valence-electron chi connectivity index (χ4n) is 2.43. The molecule has 1 unspecified atom stereocenters. The molecule has 0 aliphatic rings. The minimum Gasteiger partial charge on any atom is -0.464 e. The lowest BCUT2D eigenvalue weighted by Gasteiger charge is -2.14. The molecule has 0 saturated heterocycles. The van der Waals surface area contributed by atoms with E-state index in [4.69, 9.17) is 9.47 Å². The van der Waals surface area contributed by atoms with Gasteiger partial charge in [-0.25, -0.2) is 4.79 Å². The Bertz CT molecular complexity index is 400. The van der Waals surface area contributed by atoms with Crippen LogP contribution in [0.2, 0.25) is 0 Å². The predicted octanol–water partition coefficient (Wildman–Crippen LogP) is 4.91. The Balaban J connectivity index is 2.14. The van der Waals surface area contributed by atoms with Gasteiger partial charge in [-0.1, -0.05) is 76.3 Å². The van der Waals surface area contributed by atoms with Crippen LogP contribution in [0.25, 0.3) is 0 Å². The predicted molar refractivity (Wildman–Crippen MR) is 89.7 cm³/mol. The number of rotatable bonds is 11. The molecule has 124 valence electrons. The number of methoxy groups -OCH3 is 1. The number of ether oxygens (including phenoxy) is 2. The Hall–Kier alpha value is -1.35. The maximum Gasteiger partial charge on any atom is 0.339 e. The second-order valence-corrected chi connectivity index (χ2v) is 6.14. The number of carbonyl (C=O) groups is 1. The molecule has 0 aliphatic heterocycles. The molecular weight excluding hydrogens is 276 g/mol. The molecule has 3 heteroatoms. The van der Waals surface area contributed by atoms with Crippen molar-refractivity contribution >= 4 is 5.97 Å². The van der Waals surface area contributed by atoms with Crippen molar-refractivity contribution in [2.24, 2.45) is 5.92 Å². The zero-order valence-electron chi connectivity index (χ0n) is 14.2. The normalized spacial score (nSPS) is 12.4. The molecule has 0 saturated carbocycles. The first-order valence-corrected chi connectivity index (χ1v) is 8.39. The van der Waals surface area contributed by atoms with Crippen molar-refractivity contribution in [1.82, 2.24) is 0 Å². The van der Waals surface area contributed by atoms with Gasteiger partial charge in [0.1, 0.15) is 0 Å². The van der Waals surface area contributed by atoms with Crippen molar-refractivity contribution in [2.75, 3.05) is 13.7 Å². The van der Waals surface area contributed by atoms with Gasteiger partial charge in [0.15, 0.2) is 6.10 Å². The molecule has 0 heterocycles. The summed E-state index contributed by atoms with van der Waals surface area (Å²) in [7, 11) is 1.54. The second-order valence-electron chi connectivity index (χ2n) is 6.14. The van der Waals surface area contributed by atoms with E-state index < -0.39 is 6.10 Å². The van der Waals surface area contributed by atoms with Gasteiger partial charge in [0.2, 0.25) is 0 Å². The first-order chi connectivity index (χ1) is 10.6. The van der Waals surface area contributed by atoms with Gasteiger partial charge in [0.05, 0.1) is 6.61 Å². The molecule has 1 rings (SSSR count). The highest BCUT2D eigenvalue weighted by Crippen LogP contribution is 2.18. The van der Waals surface area contributed by atoms with Gasteiger partial charge >= 0.3 is 5.97 Å². The van der Waals surface area contributed by atoms with Crippen molar-refractivity contribution in [3.8, 4) is 0 Å². The largest absolute Gasteiger partial charge is 0.464 e. The molecule has 1 aromatic rings. The average Bonchev–Trinajstić information content (AvgIpc) is 2.51. The Labute approximate surface area is 135 Å². The van der Waals surface area contributed by atoms with Crippen molar-refractivity contribution in [3.63, 3.8) is 0 Å². The van der Waals surface area contributed by atoms with E-state index in [0.29, 0.717) is 6.61 Å². The lowest BCUT2D eigenvalue weighted by molar-refractivity contribution is -0.156. The minimum atomic E-state index is -0.618. The van der Waals surface area contributed by atoms with Crippen LogP contribution in [0.15, 0.2) is 30.3 Å². The number of hydrogen-bond acceptors (Lipinski definition) is 3. The van der Waals surface area contributed by atoms with Gasteiger partial charge in [-0.3, -0.25) is 0 Å². The van der Waals surface area contributed by atoms with E-state index >= 15 is 0 Å². The molecule has 0 aliphatic carbocycles. The molecular formula is C19H30O3. The van der Waals surface area contributed by atoms with E-state index in [-0.39, 0.29) is 5.97 Å². The molecule has 0 fully saturated rings. The molecule has 22 heavy (non-hydrogen) atoms. The zero-order chi connectivity index (χ0) is 16.2. The summed E-state index contributed by atoms with van der Waals surface area (Å²) in [5.41, 5.74) is 0.837. The fourth-order valence-corrected chi connectivity index (χ4v) is 2.43.